The lowest BCUT2D eigenvalue weighted by molar-refractivity contribution is 0.100. The van der Waals surface area contributed by atoms with Crippen LogP contribution in [0.2, 0.25) is 0 Å². The van der Waals surface area contributed by atoms with E-state index >= 15 is 0 Å². The van der Waals surface area contributed by atoms with E-state index in [4.69, 9.17) is 10.5 Å². The van der Waals surface area contributed by atoms with Crippen molar-refractivity contribution in [2.45, 2.75) is 13.8 Å². The molecule has 0 heterocycles. The van der Waals surface area contributed by atoms with E-state index < -0.39 is 5.91 Å². The molecule has 0 bridgehead atoms. The number of ether oxygens (including phenoxy) is 1. The smallest absolute Gasteiger partial charge is 0.250 e. The molecular weight excluding hydrogens is 192 g/mol. The summed E-state index contributed by atoms with van der Waals surface area (Å²) >= 11 is 0. The summed E-state index contributed by atoms with van der Waals surface area (Å²) in [6.45, 7) is 4.16. The fourth-order valence-corrected chi connectivity index (χ4v) is 1.19. The Bertz CT molecular complexity index is 386. The predicted molar refractivity (Wildman–Crippen MR) is 59.4 cm³/mol. The summed E-state index contributed by atoms with van der Waals surface area (Å²) in [6, 6.07) is 6.91. The molecule has 0 fully saturated rings. The topological polar surface area (TPSA) is 64.7 Å². The highest BCUT2D eigenvalue weighted by molar-refractivity contribution is 5.98. The minimum Gasteiger partial charge on any atom is -0.481 e. The van der Waals surface area contributed by atoms with Crippen LogP contribution in [0.5, 0.6) is 0 Å². The minimum atomic E-state index is -0.487. The van der Waals surface area contributed by atoms with Crippen LogP contribution in [0, 0.1) is 0 Å². The average Bonchev–Trinajstić information content (AvgIpc) is 2.18. The molecular formula is C11H14N2O2. The average molecular weight is 206 g/mol. The van der Waals surface area contributed by atoms with Crippen molar-refractivity contribution < 1.29 is 9.53 Å². The zero-order valence-electron chi connectivity index (χ0n) is 8.86. The Morgan fingerprint density at radius 3 is 2.73 bits per heavy atom. The molecule has 15 heavy (non-hydrogen) atoms. The highest BCUT2D eigenvalue weighted by Crippen LogP contribution is 2.18. The first-order chi connectivity index (χ1) is 7.15. The molecule has 1 rings (SSSR count). The molecule has 0 aromatic heterocycles. The van der Waals surface area contributed by atoms with Gasteiger partial charge in [0.05, 0.1) is 17.9 Å². The van der Waals surface area contributed by atoms with Crippen molar-refractivity contribution in [1.82, 2.24) is 0 Å². The molecule has 0 aliphatic carbocycles. The third-order valence-corrected chi connectivity index (χ3v) is 1.80. The summed E-state index contributed by atoms with van der Waals surface area (Å²) in [5.41, 5.74) is 6.15. The number of hydrogen-bond acceptors (Lipinski definition) is 3. The molecule has 4 heteroatoms. The summed E-state index contributed by atoms with van der Waals surface area (Å²) in [5, 5.41) is 0. The van der Waals surface area contributed by atoms with Gasteiger partial charge in [-0.05, 0) is 19.1 Å². The quantitative estimate of drug-likeness (QED) is 0.606. The lowest BCUT2D eigenvalue weighted by atomic mass is 10.2. The van der Waals surface area contributed by atoms with Crippen molar-refractivity contribution >= 4 is 17.5 Å². The van der Waals surface area contributed by atoms with Gasteiger partial charge in [0.2, 0.25) is 0 Å². The van der Waals surface area contributed by atoms with Crippen LogP contribution in [0.15, 0.2) is 29.3 Å². The Morgan fingerprint density at radius 2 is 2.13 bits per heavy atom. The van der Waals surface area contributed by atoms with E-state index in [2.05, 4.69) is 4.99 Å². The number of carbonyl (C=O) groups excluding carboxylic acids is 1. The minimum absolute atomic E-state index is 0.400. The van der Waals surface area contributed by atoms with Crippen molar-refractivity contribution in [3.8, 4) is 0 Å². The van der Waals surface area contributed by atoms with Crippen LogP contribution in [-0.2, 0) is 4.74 Å². The third kappa shape index (κ3) is 3.09. The third-order valence-electron chi connectivity index (χ3n) is 1.80. The van der Waals surface area contributed by atoms with Gasteiger partial charge in [0.1, 0.15) is 0 Å². The number of nitrogens with zero attached hydrogens (tertiary/aromatic N) is 1. The lowest BCUT2D eigenvalue weighted by Gasteiger charge is -2.04. The van der Waals surface area contributed by atoms with Gasteiger partial charge in [-0.1, -0.05) is 12.1 Å². The van der Waals surface area contributed by atoms with Crippen LogP contribution in [0.1, 0.15) is 24.2 Å². The Hall–Kier alpha value is -1.84. The van der Waals surface area contributed by atoms with E-state index in [1.54, 1.807) is 31.2 Å². The highest BCUT2D eigenvalue weighted by atomic mass is 16.5. The van der Waals surface area contributed by atoms with Crippen molar-refractivity contribution in [2.24, 2.45) is 10.7 Å². The summed E-state index contributed by atoms with van der Waals surface area (Å²) in [4.78, 5) is 15.2. The normalized spacial score (nSPS) is 11.2. The largest absolute Gasteiger partial charge is 0.481 e. The van der Waals surface area contributed by atoms with Crippen LogP contribution in [0.4, 0.5) is 5.69 Å². The predicted octanol–water partition coefficient (Wildman–Crippen LogP) is 1.87. The number of hydrogen-bond donors (Lipinski definition) is 1. The first-order valence-corrected chi connectivity index (χ1v) is 4.72. The molecule has 0 saturated heterocycles. The van der Waals surface area contributed by atoms with Gasteiger partial charge in [0.25, 0.3) is 5.91 Å². The van der Waals surface area contributed by atoms with Crippen LogP contribution in [0.3, 0.4) is 0 Å². The Morgan fingerprint density at radius 1 is 1.47 bits per heavy atom. The van der Waals surface area contributed by atoms with E-state index in [1.807, 2.05) is 6.92 Å². The number of rotatable bonds is 3. The summed E-state index contributed by atoms with van der Waals surface area (Å²) in [6.07, 6.45) is 0. The van der Waals surface area contributed by atoms with Gasteiger partial charge in [-0.25, -0.2) is 4.99 Å². The summed E-state index contributed by atoms with van der Waals surface area (Å²) in [7, 11) is 0. The standard InChI is InChI=1S/C11H14N2O2/c1-3-15-8(2)13-10-7-5-4-6-9(10)11(12)14/h4-7H,3H2,1-2H3,(H2,12,14). The molecule has 0 spiro atoms. The second-order valence-corrected chi connectivity index (χ2v) is 2.95. The maximum Gasteiger partial charge on any atom is 0.250 e. The monoisotopic (exact) mass is 206 g/mol. The zero-order chi connectivity index (χ0) is 11.3. The highest BCUT2D eigenvalue weighted by Gasteiger charge is 2.06. The Kier molecular flexibility index (Phi) is 3.85. The van der Waals surface area contributed by atoms with E-state index in [0.717, 1.165) is 0 Å². The van der Waals surface area contributed by atoms with Crippen molar-refractivity contribution in [3.05, 3.63) is 29.8 Å². The number of benzene rings is 1. The number of amides is 1. The van der Waals surface area contributed by atoms with Crippen molar-refractivity contribution in [1.29, 1.82) is 0 Å². The van der Waals surface area contributed by atoms with Gasteiger partial charge in [0.15, 0.2) is 5.90 Å². The van der Waals surface area contributed by atoms with Crippen LogP contribution in [0.25, 0.3) is 0 Å². The molecule has 2 N–H and O–H groups in total. The van der Waals surface area contributed by atoms with Crippen LogP contribution in [-0.4, -0.2) is 18.4 Å². The summed E-state index contributed by atoms with van der Waals surface area (Å²) < 4.78 is 5.18. The molecule has 0 aliphatic rings. The van der Waals surface area contributed by atoms with Crippen molar-refractivity contribution in [3.63, 3.8) is 0 Å². The molecule has 0 saturated carbocycles. The fourth-order valence-electron chi connectivity index (χ4n) is 1.19. The molecule has 80 valence electrons. The van der Waals surface area contributed by atoms with Crippen LogP contribution < -0.4 is 5.73 Å². The second kappa shape index (κ2) is 5.14. The Labute approximate surface area is 88.8 Å². The molecule has 0 atom stereocenters. The molecule has 0 unspecified atom stereocenters. The fraction of sp³-hybridized carbons (Fsp3) is 0.273. The molecule has 1 aromatic rings. The van der Waals surface area contributed by atoms with Gasteiger partial charge >= 0.3 is 0 Å². The number of primary amides is 1. The first kappa shape index (κ1) is 11.2. The van der Waals surface area contributed by atoms with Gasteiger partial charge in [-0.2, -0.15) is 0 Å². The maximum absolute atomic E-state index is 11.1. The molecule has 0 radical (unpaired) electrons. The SMILES string of the molecule is CCOC(C)=Nc1ccccc1C(N)=O. The van der Waals surface area contributed by atoms with E-state index in [0.29, 0.717) is 23.8 Å². The molecule has 0 aliphatic heterocycles. The number of carbonyl (C=O) groups is 1. The lowest BCUT2D eigenvalue weighted by Crippen LogP contribution is -2.11. The van der Waals surface area contributed by atoms with Gasteiger partial charge < -0.3 is 10.5 Å². The summed E-state index contributed by atoms with van der Waals surface area (Å²) in [5.74, 6) is 0.0323. The zero-order valence-corrected chi connectivity index (χ0v) is 8.86. The van der Waals surface area contributed by atoms with Gasteiger partial charge in [0, 0.05) is 6.92 Å². The Balaban J connectivity index is 3.03. The van der Waals surface area contributed by atoms with Crippen LogP contribution >= 0.6 is 0 Å². The van der Waals surface area contributed by atoms with E-state index in [1.165, 1.54) is 0 Å². The second-order valence-electron chi connectivity index (χ2n) is 2.95. The first-order valence-electron chi connectivity index (χ1n) is 4.72. The number of nitrogens with two attached hydrogens (primary N) is 1. The number of aliphatic imine (C=N–C) groups is 1. The molecule has 1 aromatic carbocycles. The van der Waals surface area contributed by atoms with E-state index in [9.17, 15) is 4.79 Å². The van der Waals surface area contributed by atoms with Gasteiger partial charge in [-0.15, -0.1) is 0 Å². The molecule has 4 nitrogen and oxygen atoms in total. The molecule has 1 amide bonds. The maximum atomic E-state index is 11.1. The van der Waals surface area contributed by atoms with Gasteiger partial charge in [-0.3, -0.25) is 4.79 Å². The van der Waals surface area contributed by atoms with E-state index in [-0.39, 0.29) is 0 Å². The number of para-hydroxylation sites is 1. The van der Waals surface area contributed by atoms with Crippen molar-refractivity contribution in [2.75, 3.05) is 6.61 Å².